The lowest BCUT2D eigenvalue weighted by Gasteiger charge is -2.20. The summed E-state index contributed by atoms with van der Waals surface area (Å²) in [5, 5.41) is 3.58. The van der Waals surface area contributed by atoms with Crippen LogP contribution in [0, 0.1) is 0 Å². The molecule has 1 aromatic heterocycles. The van der Waals surface area contributed by atoms with Crippen LogP contribution in [-0.4, -0.2) is 13.2 Å². The molecule has 1 atom stereocenters. The molecule has 1 aromatic carbocycles. The second-order valence-electron chi connectivity index (χ2n) is 5.03. The van der Waals surface area contributed by atoms with Gasteiger partial charge < -0.3 is 14.5 Å². The van der Waals surface area contributed by atoms with E-state index in [-0.39, 0.29) is 6.04 Å². The number of halogens is 1. The molecule has 0 aliphatic carbocycles. The molecule has 1 aliphatic heterocycles. The van der Waals surface area contributed by atoms with Crippen molar-refractivity contribution in [2.45, 2.75) is 25.8 Å². The molecule has 2 aromatic rings. The average Bonchev–Trinajstić information content (AvgIpc) is 3.09. The van der Waals surface area contributed by atoms with Crippen molar-refractivity contribution in [2.75, 3.05) is 13.2 Å². The molecule has 0 bridgehead atoms. The van der Waals surface area contributed by atoms with Crippen molar-refractivity contribution in [1.82, 2.24) is 5.32 Å². The van der Waals surface area contributed by atoms with E-state index in [4.69, 9.17) is 9.15 Å². The summed E-state index contributed by atoms with van der Waals surface area (Å²) >= 11 is 3.61. The molecule has 2 heterocycles. The minimum absolute atomic E-state index is 0.109. The van der Waals surface area contributed by atoms with E-state index >= 15 is 0 Å². The molecule has 0 radical (unpaired) electrons. The average molecular weight is 336 g/mol. The Morgan fingerprint density at radius 2 is 2.30 bits per heavy atom. The van der Waals surface area contributed by atoms with E-state index in [0.717, 1.165) is 41.8 Å². The number of rotatable bonds is 5. The maximum Gasteiger partial charge on any atom is 0.127 e. The Hall–Kier alpha value is -1.26. The smallest absolute Gasteiger partial charge is 0.127 e. The minimum atomic E-state index is 0.109. The zero-order valence-corrected chi connectivity index (χ0v) is 13.1. The van der Waals surface area contributed by atoms with Crippen LogP contribution < -0.4 is 10.1 Å². The van der Waals surface area contributed by atoms with Gasteiger partial charge in [-0.15, -0.1) is 0 Å². The maximum absolute atomic E-state index is 5.85. The highest BCUT2D eigenvalue weighted by molar-refractivity contribution is 9.10. The van der Waals surface area contributed by atoms with Crippen molar-refractivity contribution in [3.63, 3.8) is 0 Å². The zero-order valence-electron chi connectivity index (χ0n) is 11.5. The molecule has 4 heteroatoms. The first-order chi connectivity index (χ1) is 9.79. The molecule has 1 aliphatic rings. The summed E-state index contributed by atoms with van der Waals surface area (Å²) in [6, 6.07) is 6.41. The van der Waals surface area contributed by atoms with E-state index in [9.17, 15) is 0 Å². The molecule has 0 amide bonds. The van der Waals surface area contributed by atoms with Gasteiger partial charge >= 0.3 is 0 Å². The van der Waals surface area contributed by atoms with Crippen molar-refractivity contribution in [1.29, 1.82) is 0 Å². The summed E-state index contributed by atoms with van der Waals surface area (Å²) in [5.74, 6) is 1.03. The van der Waals surface area contributed by atoms with Crippen LogP contribution in [0.3, 0.4) is 0 Å². The highest BCUT2D eigenvalue weighted by Crippen LogP contribution is 2.38. The van der Waals surface area contributed by atoms with Crippen molar-refractivity contribution in [2.24, 2.45) is 0 Å². The van der Waals surface area contributed by atoms with E-state index in [0.29, 0.717) is 0 Å². The zero-order chi connectivity index (χ0) is 13.9. The van der Waals surface area contributed by atoms with Crippen LogP contribution in [0.25, 0.3) is 0 Å². The number of nitrogens with one attached hydrogen (secondary N) is 1. The molecule has 0 saturated carbocycles. The summed E-state index contributed by atoms with van der Waals surface area (Å²) < 4.78 is 12.2. The fourth-order valence-electron chi connectivity index (χ4n) is 2.65. The van der Waals surface area contributed by atoms with E-state index in [1.807, 2.05) is 6.07 Å². The molecule has 106 valence electrons. The standard InChI is InChI=1S/C16H18BrNO2/c1-2-5-18-15(12-3-6-19-10-12)14-9-13(17)8-11-4-7-20-16(11)14/h3,6,8-10,15,18H,2,4-5,7H2,1H3. The first-order valence-corrected chi connectivity index (χ1v) is 7.79. The minimum Gasteiger partial charge on any atom is -0.493 e. The Labute approximate surface area is 127 Å². The fourth-order valence-corrected chi connectivity index (χ4v) is 3.17. The molecular formula is C16H18BrNO2. The molecule has 3 rings (SSSR count). The van der Waals surface area contributed by atoms with Gasteiger partial charge in [-0.3, -0.25) is 0 Å². The van der Waals surface area contributed by atoms with E-state index in [1.54, 1.807) is 12.5 Å². The first kappa shape index (κ1) is 13.7. The molecule has 1 unspecified atom stereocenters. The first-order valence-electron chi connectivity index (χ1n) is 7.00. The predicted molar refractivity (Wildman–Crippen MR) is 82.2 cm³/mol. The summed E-state index contributed by atoms with van der Waals surface area (Å²) in [6.45, 7) is 3.89. The van der Waals surface area contributed by atoms with Crippen molar-refractivity contribution < 1.29 is 9.15 Å². The van der Waals surface area contributed by atoms with Gasteiger partial charge in [0.1, 0.15) is 5.75 Å². The van der Waals surface area contributed by atoms with Gasteiger partial charge in [-0.2, -0.15) is 0 Å². The highest BCUT2D eigenvalue weighted by atomic mass is 79.9. The van der Waals surface area contributed by atoms with Crippen molar-refractivity contribution in [3.8, 4) is 5.75 Å². The molecule has 1 N–H and O–H groups in total. The summed E-state index contributed by atoms with van der Waals surface area (Å²) in [4.78, 5) is 0. The summed E-state index contributed by atoms with van der Waals surface area (Å²) in [7, 11) is 0. The van der Waals surface area contributed by atoms with E-state index in [2.05, 4.69) is 40.3 Å². The Kier molecular flexibility index (Phi) is 4.13. The van der Waals surface area contributed by atoms with Crippen LogP contribution in [0.2, 0.25) is 0 Å². The third-order valence-electron chi connectivity index (χ3n) is 3.56. The number of benzene rings is 1. The van der Waals surface area contributed by atoms with Gasteiger partial charge in [0, 0.05) is 22.0 Å². The number of hydrogen-bond acceptors (Lipinski definition) is 3. The van der Waals surface area contributed by atoms with Gasteiger partial charge in [0.2, 0.25) is 0 Å². The van der Waals surface area contributed by atoms with Gasteiger partial charge in [0.25, 0.3) is 0 Å². The number of fused-ring (bicyclic) bond motifs is 1. The Bertz CT molecular complexity index is 580. The van der Waals surface area contributed by atoms with E-state index in [1.165, 1.54) is 11.1 Å². The van der Waals surface area contributed by atoms with Crippen LogP contribution in [0.5, 0.6) is 5.75 Å². The SMILES string of the molecule is CCCNC(c1ccoc1)c1cc(Br)cc2c1OCC2. The Balaban J connectivity index is 2.03. The second-order valence-corrected chi connectivity index (χ2v) is 5.94. The number of hydrogen-bond donors (Lipinski definition) is 1. The van der Waals surface area contributed by atoms with Crippen LogP contribution in [0.1, 0.15) is 36.1 Å². The molecule has 0 saturated heterocycles. The van der Waals surface area contributed by atoms with Crippen molar-refractivity contribution >= 4 is 15.9 Å². The van der Waals surface area contributed by atoms with Gasteiger partial charge in [0.05, 0.1) is 25.2 Å². The van der Waals surface area contributed by atoms with E-state index < -0.39 is 0 Å². The molecular weight excluding hydrogens is 318 g/mol. The van der Waals surface area contributed by atoms with Gasteiger partial charge in [-0.05, 0) is 36.7 Å². The quantitative estimate of drug-likeness (QED) is 0.894. The third kappa shape index (κ3) is 2.63. The number of ether oxygens (including phenoxy) is 1. The van der Waals surface area contributed by atoms with Crippen LogP contribution >= 0.6 is 15.9 Å². The lowest BCUT2D eigenvalue weighted by molar-refractivity contribution is 0.350. The third-order valence-corrected chi connectivity index (χ3v) is 4.02. The van der Waals surface area contributed by atoms with Crippen molar-refractivity contribution in [3.05, 3.63) is 51.9 Å². The van der Waals surface area contributed by atoms with Crippen LogP contribution in [0.15, 0.2) is 39.6 Å². The molecule has 0 fully saturated rings. The normalized spacial score (nSPS) is 14.9. The lowest BCUT2D eigenvalue weighted by Crippen LogP contribution is -2.23. The van der Waals surface area contributed by atoms with Gasteiger partial charge in [-0.1, -0.05) is 22.9 Å². The lowest BCUT2D eigenvalue weighted by atomic mass is 9.97. The Morgan fingerprint density at radius 1 is 1.40 bits per heavy atom. The van der Waals surface area contributed by atoms with Gasteiger partial charge in [-0.25, -0.2) is 0 Å². The Morgan fingerprint density at radius 3 is 3.05 bits per heavy atom. The van der Waals surface area contributed by atoms with Crippen LogP contribution in [0.4, 0.5) is 0 Å². The number of furan rings is 1. The fraction of sp³-hybridized carbons (Fsp3) is 0.375. The molecule has 20 heavy (non-hydrogen) atoms. The monoisotopic (exact) mass is 335 g/mol. The summed E-state index contributed by atoms with van der Waals surface area (Å²) in [6.07, 6.45) is 5.59. The largest absolute Gasteiger partial charge is 0.493 e. The highest BCUT2D eigenvalue weighted by Gasteiger charge is 2.24. The molecule has 0 spiro atoms. The predicted octanol–water partition coefficient (Wildman–Crippen LogP) is 4.07. The van der Waals surface area contributed by atoms with Crippen LogP contribution in [-0.2, 0) is 6.42 Å². The maximum atomic E-state index is 5.85. The second kappa shape index (κ2) is 6.02. The topological polar surface area (TPSA) is 34.4 Å². The summed E-state index contributed by atoms with van der Waals surface area (Å²) in [5.41, 5.74) is 3.59. The molecule has 3 nitrogen and oxygen atoms in total. The van der Waals surface area contributed by atoms with Gasteiger partial charge in [0.15, 0.2) is 0 Å².